The predicted molar refractivity (Wildman–Crippen MR) is 108 cm³/mol. The van der Waals surface area contributed by atoms with Gasteiger partial charge in [-0.15, -0.1) is 0 Å². The van der Waals surface area contributed by atoms with Crippen molar-refractivity contribution < 1.29 is 9.15 Å². The largest absolute Gasteiger partial charge is 0.493 e. The Morgan fingerprint density at radius 1 is 1.00 bits per heavy atom. The molecule has 0 unspecified atom stereocenters. The molecule has 1 N–H and O–H groups in total. The first-order chi connectivity index (χ1) is 13.3. The highest BCUT2D eigenvalue weighted by Gasteiger charge is 2.12. The Balaban J connectivity index is 1.50. The van der Waals surface area contributed by atoms with Gasteiger partial charge in [0.25, 0.3) is 0 Å². The fourth-order valence-corrected chi connectivity index (χ4v) is 3.19. The lowest BCUT2D eigenvalue weighted by atomic mass is 10.1. The molecule has 0 bridgehead atoms. The molecule has 4 aromatic rings. The number of methoxy groups -OCH3 is 1. The summed E-state index contributed by atoms with van der Waals surface area (Å²) in [7, 11) is 1.68. The Labute approximate surface area is 158 Å². The first-order valence-corrected chi connectivity index (χ1v) is 9.09. The Morgan fingerprint density at radius 2 is 1.89 bits per heavy atom. The first kappa shape index (κ1) is 17.3. The number of fused-ring (bicyclic) bond motifs is 1. The van der Waals surface area contributed by atoms with Crippen LogP contribution in [0.3, 0.4) is 0 Å². The highest BCUT2D eigenvalue weighted by molar-refractivity contribution is 5.88. The van der Waals surface area contributed by atoms with Crippen molar-refractivity contribution in [3.8, 4) is 17.1 Å². The van der Waals surface area contributed by atoms with Gasteiger partial charge in [0, 0.05) is 29.9 Å². The van der Waals surface area contributed by atoms with E-state index in [-0.39, 0.29) is 0 Å². The van der Waals surface area contributed by atoms with Gasteiger partial charge in [0.1, 0.15) is 5.76 Å². The molecule has 0 saturated carbocycles. The van der Waals surface area contributed by atoms with Gasteiger partial charge in [-0.05, 0) is 48.4 Å². The van der Waals surface area contributed by atoms with Crippen LogP contribution in [-0.4, -0.2) is 18.6 Å². The number of aromatic nitrogens is 1. The zero-order valence-corrected chi connectivity index (χ0v) is 15.3. The van der Waals surface area contributed by atoms with E-state index < -0.39 is 0 Å². The van der Waals surface area contributed by atoms with Crippen molar-refractivity contribution >= 4 is 11.0 Å². The lowest BCUT2D eigenvalue weighted by Crippen LogP contribution is -2.16. The fraction of sp³-hybridized carbons (Fsp3) is 0.174. The van der Waals surface area contributed by atoms with Crippen LogP contribution in [0.25, 0.3) is 22.3 Å². The minimum atomic E-state index is 0.763. The van der Waals surface area contributed by atoms with Crippen LogP contribution in [0, 0.1) is 0 Å². The molecule has 4 heteroatoms. The predicted octanol–water partition coefficient (Wildman–Crippen LogP) is 4.84. The number of rotatable bonds is 7. The van der Waals surface area contributed by atoms with Gasteiger partial charge in [0.15, 0.2) is 11.3 Å². The molecule has 4 nitrogen and oxygen atoms in total. The van der Waals surface area contributed by atoms with E-state index >= 15 is 0 Å². The standard InChI is InChI=1S/C23H22N2O2/c1-26-22-13-18(16-25-11-9-17-6-5-10-24-15-17)12-20-14-21(27-23(20)22)19-7-3-2-4-8-19/h2-8,10,12-15,25H,9,11,16H2,1H3. The lowest BCUT2D eigenvalue weighted by Gasteiger charge is -2.07. The number of ether oxygens (including phenoxy) is 1. The molecule has 136 valence electrons. The third kappa shape index (κ3) is 4.01. The monoisotopic (exact) mass is 358 g/mol. The second-order valence-corrected chi connectivity index (χ2v) is 6.48. The van der Waals surface area contributed by atoms with Gasteiger partial charge in [-0.2, -0.15) is 0 Å². The second kappa shape index (κ2) is 8.06. The van der Waals surface area contributed by atoms with E-state index in [2.05, 4.69) is 28.5 Å². The summed E-state index contributed by atoms with van der Waals surface area (Å²) in [6, 6.07) is 20.5. The molecule has 2 aromatic heterocycles. The van der Waals surface area contributed by atoms with Crippen molar-refractivity contribution in [3.05, 3.63) is 84.2 Å². The maximum Gasteiger partial charge on any atom is 0.176 e. The highest BCUT2D eigenvalue weighted by atomic mass is 16.5. The Kier molecular flexibility index (Phi) is 5.17. The van der Waals surface area contributed by atoms with Crippen molar-refractivity contribution in [1.82, 2.24) is 10.3 Å². The van der Waals surface area contributed by atoms with E-state index in [4.69, 9.17) is 9.15 Å². The molecular weight excluding hydrogens is 336 g/mol. The molecule has 0 saturated heterocycles. The molecule has 4 rings (SSSR count). The molecule has 0 atom stereocenters. The van der Waals surface area contributed by atoms with Gasteiger partial charge < -0.3 is 14.5 Å². The van der Waals surface area contributed by atoms with E-state index in [1.54, 1.807) is 13.3 Å². The average Bonchev–Trinajstić information content (AvgIpc) is 3.16. The number of benzene rings is 2. The molecule has 2 heterocycles. The Bertz CT molecular complexity index is 1010. The van der Waals surface area contributed by atoms with Gasteiger partial charge in [-0.3, -0.25) is 4.98 Å². The summed E-state index contributed by atoms with van der Waals surface area (Å²) in [4.78, 5) is 4.15. The van der Waals surface area contributed by atoms with Crippen molar-refractivity contribution in [3.63, 3.8) is 0 Å². The lowest BCUT2D eigenvalue weighted by molar-refractivity contribution is 0.410. The van der Waals surface area contributed by atoms with E-state index in [1.807, 2.05) is 48.7 Å². The van der Waals surface area contributed by atoms with Crippen LogP contribution < -0.4 is 10.1 Å². The normalized spacial score (nSPS) is 11.0. The zero-order valence-electron chi connectivity index (χ0n) is 15.3. The maximum atomic E-state index is 6.06. The fourth-order valence-electron chi connectivity index (χ4n) is 3.19. The van der Waals surface area contributed by atoms with Crippen molar-refractivity contribution in [2.75, 3.05) is 13.7 Å². The molecule has 0 aliphatic rings. The number of nitrogens with zero attached hydrogens (tertiary/aromatic N) is 1. The Morgan fingerprint density at radius 3 is 2.67 bits per heavy atom. The zero-order chi connectivity index (χ0) is 18.5. The number of pyridine rings is 1. The summed E-state index contributed by atoms with van der Waals surface area (Å²) in [5.41, 5.74) is 4.26. The van der Waals surface area contributed by atoms with Crippen LogP contribution in [0.2, 0.25) is 0 Å². The van der Waals surface area contributed by atoms with Crippen molar-refractivity contribution in [1.29, 1.82) is 0 Å². The van der Waals surface area contributed by atoms with Crippen LogP contribution in [0.4, 0.5) is 0 Å². The second-order valence-electron chi connectivity index (χ2n) is 6.48. The van der Waals surface area contributed by atoms with Gasteiger partial charge in [-0.1, -0.05) is 36.4 Å². The third-order valence-corrected chi connectivity index (χ3v) is 4.56. The highest BCUT2D eigenvalue weighted by Crippen LogP contribution is 2.34. The van der Waals surface area contributed by atoms with Gasteiger partial charge in [0.05, 0.1) is 7.11 Å². The maximum absolute atomic E-state index is 6.06. The van der Waals surface area contributed by atoms with Crippen LogP contribution in [0.15, 0.2) is 77.5 Å². The number of furan rings is 1. The van der Waals surface area contributed by atoms with Gasteiger partial charge in [-0.25, -0.2) is 0 Å². The van der Waals surface area contributed by atoms with Crippen LogP contribution in [0.1, 0.15) is 11.1 Å². The molecule has 0 amide bonds. The summed E-state index contributed by atoms with van der Waals surface area (Å²) in [6.45, 7) is 1.67. The molecule has 0 spiro atoms. The number of nitrogens with one attached hydrogen (secondary N) is 1. The average molecular weight is 358 g/mol. The summed E-state index contributed by atoms with van der Waals surface area (Å²) in [5.74, 6) is 1.62. The summed E-state index contributed by atoms with van der Waals surface area (Å²) in [6.07, 6.45) is 4.66. The van der Waals surface area contributed by atoms with E-state index in [9.17, 15) is 0 Å². The first-order valence-electron chi connectivity index (χ1n) is 9.09. The van der Waals surface area contributed by atoms with E-state index in [1.165, 1.54) is 11.1 Å². The van der Waals surface area contributed by atoms with Crippen molar-refractivity contribution in [2.24, 2.45) is 0 Å². The number of hydrogen-bond donors (Lipinski definition) is 1. The molecule has 0 fully saturated rings. The minimum absolute atomic E-state index is 0.763. The molecular formula is C23H22N2O2. The van der Waals surface area contributed by atoms with Crippen LogP contribution in [0.5, 0.6) is 5.75 Å². The van der Waals surface area contributed by atoms with Crippen LogP contribution in [-0.2, 0) is 13.0 Å². The minimum Gasteiger partial charge on any atom is -0.493 e. The summed E-state index contributed by atoms with van der Waals surface area (Å²) in [5, 5.41) is 4.54. The van der Waals surface area contributed by atoms with Crippen molar-refractivity contribution in [2.45, 2.75) is 13.0 Å². The summed E-state index contributed by atoms with van der Waals surface area (Å²) < 4.78 is 11.6. The van der Waals surface area contributed by atoms with Crippen LogP contribution >= 0.6 is 0 Å². The molecule has 2 aromatic carbocycles. The topological polar surface area (TPSA) is 47.3 Å². The van der Waals surface area contributed by atoms with E-state index in [0.717, 1.165) is 47.6 Å². The van der Waals surface area contributed by atoms with E-state index in [0.29, 0.717) is 0 Å². The molecule has 0 aliphatic heterocycles. The Hall–Kier alpha value is -3.11. The molecule has 0 radical (unpaired) electrons. The molecule has 27 heavy (non-hydrogen) atoms. The summed E-state index contributed by atoms with van der Waals surface area (Å²) >= 11 is 0. The van der Waals surface area contributed by atoms with Gasteiger partial charge >= 0.3 is 0 Å². The quantitative estimate of drug-likeness (QED) is 0.481. The third-order valence-electron chi connectivity index (χ3n) is 4.56. The van der Waals surface area contributed by atoms with Gasteiger partial charge in [0.2, 0.25) is 0 Å². The SMILES string of the molecule is COc1cc(CNCCc2cccnc2)cc2cc(-c3ccccc3)oc12. The smallest absolute Gasteiger partial charge is 0.176 e. The number of hydrogen-bond acceptors (Lipinski definition) is 4. The molecule has 0 aliphatic carbocycles.